The second-order valence-electron chi connectivity index (χ2n) is 5.88. The average molecular weight is 343 g/mol. The Kier molecular flexibility index (Phi) is 4.39. The number of ether oxygens (including phenoxy) is 1. The van der Waals surface area contributed by atoms with Crippen molar-refractivity contribution < 1.29 is 13.9 Å². The van der Waals surface area contributed by atoms with Crippen LogP contribution in [0.4, 0.5) is 5.69 Å². The van der Waals surface area contributed by atoms with Gasteiger partial charge in [0.25, 0.3) is 5.91 Å². The van der Waals surface area contributed by atoms with Crippen molar-refractivity contribution in [3.63, 3.8) is 0 Å². The van der Waals surface area contributed by atoms with Gasteiger partial charge in [-0.3, -0.25) is 4.79 Å². The van der Waals surface area contributed by atoms with Crippen LogP contribution in [-0.4, -0.2) is 5.91 Å². The Bertz CT molecular complexity index is 1040. The maximum absolute atomic E-state index is 12.2. The monoisotopic (exact) mass is 343 g/mol. The highest BCUT2D eigenvalue weighted by Crippen LogP contribution is 2.22. The first-order valence-electron chi connectivity index (χ1n) is 8.35. The Hall–Kier alpha value is -3.53. The fourth-order valence-electron chi connectivity index (χ4n) is 2.70. The van der Waals surface area contributed by atoms with Gasteiger partial charge in [-0.15, -0.1) is 0 Å². The Morgan fingerprint density at radius 1 is 0.846 bits per heavy atom. The third-order valence-electron chi connectivity index (χ3n) is 4.02. The summed E-state index contributed by atoms with van der Waals surface area (Å²) < 4.78 is 11.4. The number of carbonyl (C=O) groups excluding carboxylic acids is 1. The number of carbonyl (C=O) groups is 1. The van der Waals surface area contributed by atoms with E-state index >= 15 is 0 Å². The van der Waals surface area contributed by atoms with Crippen LogP contribution >= 0.6 is 0 Å². The van der Waals surface area contributed by atoms with Crippen LogP contribution in [0.5, 0.6) is 5.75 Å². The second kappa shape index (κ2) is 7.15. The van der Waals surface area contributed by atoms with Gasteiger partial charge in [-0.25, -0.2) is 0 Å². The van der Waals surface area contributed by atoms with E-state index in [0.717, 1.165) is 22.2 Å². The number of nitrogens with one attached hydrogen (secondary N) is 1. The minimum Gasteiger partial charge on any atom is -0.486 e. The molecule has 1 N–H and O–H groups in total. The molecular weight excluding hydrogens is 326 g/mol. The molecule has 26 heavy (non-hydrogen) atoms. The molecule has 4 heteroatoms. The molecule has 4 aromatic rings. The lowest BCUT2D eigenvalue weighted by molar-refractivity contribution is 0.0992. The van der Waals surface area contributed by atoms with Crippen LogP contribution in [-0.2, 0) is 6.61 Å². The van der Waals surface area contributed by atoms with Crippen LogP contribution in [0, 0.1) is 0 Å². The zero-order valence-electron chi connectivity index (χ0n) is 14.0. The minimum absolute atomic E-state index is 0.256. The van der Waals surface area contributed by atoms with E-state index in [2.05, 4.69) is 11.4 Å². The maximum Gasteiger partial charge on any atom is 0.291 e. The van der Waals surface area contributed by atoms with Gasteiger partial charge < -0.3 is 14.5 Å². The van der Waals surface area contributed by atoms with E-state index < -0.39 is 0 Å². The van der Waals surface area contributed by atoms with Crippen molar-refractivity contribution in [3.05, 3.63) is 96.4 Å². The lowest BCUT2D eigenvalue weighted by atomic mass is 10.1. The molecule has 0 saturated heterocycles. The summed E-state index contributed by atoms with van der Waals surface area (Å²) in [6.45, 7) is 0.261. The van der Waals surface area contributed by atoms with Crippen LogP contribution in [0.2, 0.25) is 0 Å². The van der Waals surface area contributed by atoms with Gasteiger partial charge in [0.1, 0.15) is 18.1 Å². The third-order valence-corrected chi connectivity index (χ3v) is 4.02. The van der Waals surface area contributed by atoms with Crippen molar-refractivity contribution in [1.29, 1.82) is 0 Å². The van der Waals surface area contributed by atoms with Gasteiger partial charge in [0.05, 0.1) is 0 Å². The Morgan fingerprint density at radius 3 is 2.46 bits per heavy atom. The number of benzene rings is 3. The molecule has 0 aliphatic carbocycles. The van der Waals surface area contributed by atoms with Crippen molar-refractivity contribution in [2.75, 3.05) is 5.32 Å². The van der Waals surface area contributed by atoms with Crippen LogP contribution in [0.15, 0.2) is 89.3 Å². The summed E-state index contributed by atoms with van der Waals surface area (Å²) in [5, 5.41) is 5.07. The molecule has 4 rings (SSSR count). The molecule has 0 aliphatic rings. The van der Waals surface area contributed by atoms with E-state index in [0.29, 0.717) is 5.76 Å². The lowest BCUT2D eigenvalue weighted by Gasteiger charge is -2.06. The molecule has 0 atom stereocenters. The van der Waals surface area contributed by atoms with Crippen molar-refractivity contribution >= 4 is 22.4 Å². The smallest absolute Gasteiger partial charge is 0.291 e. The normalized spacial score (nSPS) is 10.6. The van der Waals surface area contributed by atoms with E-state index in [1.54, 1.807) is 12.1 Å². The highest BCUT2D eigenvalue weighted by molar-refractivity contribution is 6.02. The summed E-state index contributed by atoms with van der Waals surface area (Å²) in [7, 11) is 0. The number of rotatable bonds is 5. The van der Waals surface area contributed by atoms with Gasteiger partial charge >= 0.3 is 0 Å². The summed E-state index contributed by atoms with van der Waals surface area (Å²) in [4.78, 5) is 12.2. The third kappa shape index (κ3) is 3.59. The van der Waals surface area contributed by atoms with Gasteiger partial charge in [-0.05, 0) is 47.2 Å². The van der Waals surface area contributed by atoms with Crippen LogP contribution < -0.4 is 10.1 Å². The number of para-hydroxylation sites is 1. The molecule has 3 aromatic carbocycles. The Morgan fingerprint density at radius 2 is 1.62 bits per heavy atom. The number of fused-ring (bicyclic) bond motifs is 1. The van der Waals surface area contributed by atoms with Crippen molar-refractivity contribution in [3.8, 4) is 5.75 Å². The molecule has 1 amide bonds. The Balaban J connectivity index is 1.40. The molecule has 0 radical (unpaired) electrons. The highest BCUT2D eigenvalue weighted by atomic mass is 16.5. The summed E-state index contributed by atoms with van der Waals surface area (Å²) >= 11 is 0. The SMILES string of the molecule is O=C(Nc1ccccc1)c1ccc(COc2ccc3ccccc3c2)o1. The summed E-state index contributed by atoms with van der Waals surface area (Å²) in [6.07, 6.45) is 0. The lowest BCUT2D eigenvalue weighted by Crippen LogP contribution is -2.10. The van der Waals surface area contributed by atoms with Crippen molar-refractivity contribution in [2.24, 2.45) is 0 Å². The minimum atomic E-state index is -0.284. The first-order chi connectivity index (χ1) is 12.8. The molecule has 0 unspecified atom stereocenters. The van der Waals surface area contributed by atoms with Gasteiger partial charge in [0.15, 0.2) is 5.76 Å². The molecule has 1 aromatic heterocycles. The Labute approximate surface area is 151 Å². The van der Waals surface area contributed by atoms with Gasteiger partial charge in [-0.1, -0.05) is 48.5 Å². The van der Waals surface area contributed by atoms with Crippen molar-refractivity contribution in [1.82, 2.24) is 0 Å². The molecule has 0 aliphatic heterocycles. The number of hydrogen-bond donors (Lipinski definition) is 1. The van der Waals surface area contributed by atoms with E-state index in [4.69, 9.17) is 9.15 Å². The zero-order chi connectivity index (χ0) is 17.8. The molecule has 4 nitrogen and oxygen atoms in total. The van der Waals surface area contributed by atoms with Gasteiger partial charge in [0, 0.05) is 5.69 Å². The first kappa shape index (κ1) is 16.0. The highest BCUT2D eigenvalue weighted by Gasteiger charge is 2.12. The summed E-state index contributed by atoms with van der Waals surface area (Å²) in [5.74, 6) is 1.32. The largest absolute Gasteiger partial charge is 0.486 e. The van der Waals surface area contributed by atoms with E-state index in [1.807, 2.05) is 66.7 Å². The first-order valence-corrected chi connectivity index (χ1v) is 8.35. The summed E-state index contributed by atoms with van der Waals surface area (Å²) in [6, 6.07) is 26.7. The number of furan rings is 1. The van der Waals surface area contributed by atoms with Crippen LogP contribution in [0.3, 0.4) is 0 Å². The van der Waals surface area contributed by atoms with Crippen LogP contribution in [0.1, 0.15) is 16.3 Å². The standard InChI is InChI=1S/C22H17NO3/c24-22(23-18-8-2-1-3-9-18)21-13-12-20(26-21)15-25-19-11-10-16-6-4-5-7-17(16)14-19/h1-14H,15H2,(H,23,24). The fourth-order valence-corrected chi connectivity index (χ4v) is 2.70. The molecule has 0 fully saturated rings. The van der Waals surface area contributed by atoms with E-state index in [-0.39, 0.29) is 18.3 Å². The average Bonchev–Trinajstić information content (AvgIpc) is 3.16. The topological polar surface area (TPSA) is 51.5 Å². The van der Waals surface area contributed by atoms with E-state index in [1.165, 1.54) is 0 Å². The molecule has 128 valence electrons. The number of anilines is 1. The van der Waals surface area contributed by atoms with Crippen LogP contribution in [0.25, 0.3) is 10.8 Å². The van der Waals surface area contributed by atoms with E-state index in [9.17, 15) is 4.79 Å². The quantitative estimate of drug-likeness (QED) is 0.537. The predicted molar refractivity (Wildman–Crippen MR) is 101 cm³/mol. The molecule has 0 bridgehead atoms. The zero-order valence-corrected chi connectivity index (χ0v) is 14.0. The number of amides is 1. The van der Waals surface area contributed by atoms with Gasteiger partial charge in [0.2, 0.25) is 0 Å². The molecule has 1 heterocycles. The summed E-state index contributed by atoms with van der Waals surface area (Å²) in [5.41, 5.74) is 0.725. The van der Waals surface area contributed by atoms with Gasteiger partial charge in [-0.2, -0.15) is 0 Å². The molecule has 0 saturated carbocycles. The number of hydrogen-bond acceptors (Lipinski definition) is 3. The predicted octanol–water partition coefficient (Wildman–Crippen LogP) is 5.26. The van der Waals surface area contributed by atoms with Crippen molar-refractivity contribution in [2.45, 2.75) is 6.61 Å². The molecular formula is C22H17NO3. The maximum atomic E-state index is 12.2. The fraction of sp³-hybridized carbons (Fsp3) is 0.0455. The second-order valence-corrected chi connectivity index (χ2v) is 5.88. The molecule has 0 spiro atoms.